The first-order chi connectivity index (χ1) is 34.7. The lowest BCUT2D eigenvalue weighted by Crippen LogP contribution is -2.61. The van der Waals surface area contributed by atoms with E-state index < -0.39 is 103 Å². The van der Waals surface area contributed by atoms with Gasteiger partial charge in [0.15, 0.2) is 0 Å². The molecule has 0 radical (unpaired) electrons. The number of carbonyl (C=O) groups excluding carboxylic acids is 7. The summed E-state index contributed by atoms with van der Waals surface area (Å²) in [6.45, 7) is 0.111. The first kappa shape index (κ1) is 51.8. The molecule has 0 spiro atoms. The van der Waals surface area contributed by atoms with Crippen LogP contribution in [-0.2, 0) is 40.0 Å². The number of benzene rings is 2. The van der Waals surface area contributed by atoms with Gasteiger partial charge in [-0.05, 0) is 77.4 Å². The van der Waals surface area contributed by atoms with Crippen molar-refractivity contribution < 1.29 is 38.7 Å². The van der Waals surface area contributed by atoms with Crippen molar-refractivity contribution in [3.05, 3.63) is 83.2 Å². The molecule has 20 nitrogen and oxygen atoms in total. The number of primary amides is 1. The Labute approximate surface area is 424 Å². The van der Waals surface area contributed by atoms with E-state index in [1.807, 2.05) is 71.4 Å². The first-order valence-corrected chi connectivity index (χ1v) is 26.3. The van der Waals surface area contributed by atoms with Crippen LogP contribution in [0.25, 0.3) is 31.8 Å². The van der Waals surface area contributed by atoms with Crippen LogP contribution >= 0.6 is 22.7 Å². The summed E-state index contributed by atoms with van der Waals surface area (Å²) in [5.41, 5.74) is 20.9. The molecule has 0 bridgehead atoms. The Balaban J connectivity index is 1.15. The van der Waals surface area contributed by atoms with Crippen LogP contribution < -0.4 is 43.8 Å². The zero-order valence-corrected chi connectivity index (χ0v) is 41.4. The molecule has 1 saturated carbocycles. The second-order valence-corrected chi connectivity index (χ2v) is 20.8. The minimum absolute atomic E-state index is 0.0316. The number of rotatable bonds is 9. The maximum atomic E-state index is 15.4. The number of nitrogens with one attached hydrogen (secondary N) is 5. The van der Waals surface area contributed by atoms with Crippen LogP contribution in [0.2, 0.25) is 0 Å². The quantitative estimate of drug-likeness (QED) is 0.0958. The van der Waals surface area contributed by atoms with E-state index >= 15 is 9.59 Å². The summed E-state index contributed by atoms with van der Waals surface area (Å²) in [6, 6.07) is 11.4. The maximum Gasteiger partial charge on any atom is 0.246 e. The normalized spacial score (nSPS) is 25.4. The van der Waals surface area contributed by atoms with Crippen LogP contribution in [0.1, 0.15) is 82.2 Å². The molecule has 2 saturated heterocycles. The fourth-order valence-corrected chi connectivity index (χ4v) is 11.6. The summed E-state index contributed by atoms with van der Waals surface area (Å²) in [7, 11) is 0. The van der Waals surface area contributed by atoms with Gasteiger partial charge in [0.2, 0.25) is 41.4 Å². The van der Waals surface area contributed by atoms with E-state index in [1.165, 1.54) is 16.2 Å². The molecular formula is C50H62N12O8S2. The molecule has 12 N–H and O–H groups in total. The predicted octanol–water partition coefficient (Wildman–Crippen LogP) is 1.96. The summed E-state index contributed by atoms with van der Waals surface area (Å²) in [5.74, 6) is -5.31. The predicted molar refractivity (Wildman–Crippen MR) is 271 cm³/mol. The molecule has 7 amide bonds. The number of hydrogen-bond acceptors (Lipinski definition) is 14. The van der Waals surface area contributed by atoms with Crippen molar-refractivity contribution in [3.8, 4) is 21.7 Å². The van der Waals surface area contributed by atoms with Gasteiger partial charge in [0.05, 0.1) is 24.7 Å². The molecule has 1 aliphatic carbocycles. The Morgan fingerprint density at radius 2 is 1.53 bits per heavy atom. The number of aromatic nitrogens is 3. The monoisotopic (exact) mass is 1020 g/mol. The summed E-state index contributed by atoms with van der Waals surface area (Å²) in [6.07, 6.45) is 3.81. The van der Waals surface area contributed by atoms with Crippen molar-refractivity contribution in [1.29, 1.82) is 0 Å². The van der Waals surface area contributed by atoms with Gasteiger partial charge in [0.25, 0.3) is 0 Å². The summed E-state index contributed by atoms with van der Waals surface area (Å²) in [4.78, 5) is 101. The fraction of sp³-hybridized carbons (Fsp3) is 0.460. The van der Waals surface area contributed by atoms with Crippen molar-refractivity contribution >= 4 is 74.1 Å². The fourth-order valence-electron chi connectivity index (χ4n) is 9.88. The average molecular weight is 1020 g/mol. The van der Waals surface area contributed by atoms with E-state index in [2.05, 4.69) is 36.9 Å². The molecule has 3 fully saturated rings. The molecule has 3 aliphatic rings. The molecule has 5 heterocycles. The summed E-state index contributed by atoms with van der Waals surface area (Å²) in [5, 5.41) is 37.9. The average Bonchev–Trinajstić information content (AvgIpc) is 4.22. The van der Waals surface area contributed by atoms with Gasteiger partial charge in [0.1, 0.15) is 42.1 Å². The molecule has 3 aromatic heterocycles. The lowest BCUT2D eigenvalue weighted by Gasteiger charge is -2.35. The second-order valence-electron chi connectivity index (χ2n) is 18.9. The SMILES string of the molecule is NC(=O)[C@@H]1CCCCNC(=O)C[C@H](N)C(=O)N[C@@H](CC(N)O)C(=O)N[C@@H](C2CCCCC2)C(=O)N2C[C@@H](n3cc(-c4ccc(-c5cccs5)cc4)nn3)C[C@H]2C(=O)N[C@@H](Cc2csc3ccccc23)C(=O)N1. The summed E-state index contributed by atoms with van der Waals surface area (Å²) >= 11 is 3.11. The topological polar surface area (TPSA) is 312 Å². The third-order valence-corrected chi connectivity index (χ3v) is 15.7. The molecule has 22 heteroatoms. The van der Waals surface area contributed by atoms with Gasteiger partial charge in [-0.3, -0.25) is 33.6 Å². The number of amides is 7. The van der Waals surface area contributed by atoms with Gasteiger partial charge in [-0.15, -0.1) is 27.8 Å². The van der Waals surface area contributed by atoms with Crippen molar-refractivity contribution in [2.45, 2.75) is 126 Å². The van der Waals surface area contributed by atoms with Crippen molar-refractivity contribution in [3.63, 3.8) is 0 Å². The highest BCUT2D eigenvalue weighted by Crippen LogP contribution is 2.34. The molecule has 8 atom stereocenters. The largest absolute Gasteiger partial charge is 0.379 e. The third kappa shape index (κ3) is 12.7. The Hall–Kier alpha value is -6.59. The van der Waals surface area contributed by atoms with E-state index in [4.69, 9.17) is 17.2 Å². The summed E-state index contributed by atoms with van der Waals surface area (Å²) < 4.78 is 2.59. The van der Waals surface area contributed by atoms with Crippen LogP contribution in [0, 0.1) is 5.92 Å². The first-order valence-electron chi connectivity index (χ1n) is 24.5. The zero-order valence-electron chi connectivity index (χ0n) is 39.7. The van der Waals surface area contributed by atoms with Gasteiger partial charge in [-0.2, -0.15) is 0 Å². The minimum Gasteiger partial charge on any atom is -0.379 e. The minimum atomic E-state index is -1.56. The van der Waals surface area contributed by atoms with Crippen LogP contribution in [0.4, 0.5) is 0 Å². The van der Waals surface area contributed by atoms with E-state index in [-0.39, 0.29) is 38.3 Å². The molecule has 5 aromatic rings. The van der Waals surface area contributed by atoms with Crippen LogP contribution in [0.5, 0.6) is 0 Å². The number of aliphatic hydroxyl groups is 1. The van der Waals surface area contributed by atoms with E-state index in [0.717, 1.165) is 50.9 Å². The Bertz CT molecular complexity index is 2720. The number of nitrogens with two attached hydrogens (primary N) is 3. The number of thiophene rings is 2. The number of hydrogen-bond donors (Lipinski definition) is 9. The highest BCUT2D eigenvalue weighted by molar-refractivity contribution is 7.17. The zero-order chi connectivity index (χ0) is 50.9. The maximum absolute atomic E-state index is 15.4. The van der Waals surface area contributed by atoms with Gasteiger partial charge in [-0.25, -0.2) is 4.68 Å². The van der Waals surface area contributed by atoms with Crippen LogP contribution in [0.3, 0.4) is 0 Å². The molecule has 72 heavy (non-hydrogen) atoms. The Morgan fingerprint density at radius 3 is 2.26 bits per heavy atom. The number of carbonyl (C=O) groups is 7. The Morgan fingerprint density at radius 1 is 0.806 bits per heavy atom. The standard InChI is InChI=1S/C50H62N12O8S2/c51-34-23-43(64)54-19-7-6-12-35(45(53)65)55-47(67)36(21-31-27-72-41-13-5-4-11-33(31)41)57-49(69)39-22-32(62-26-38(59-60-62)28-15-17-29(18-16-28)40-14-8-20-71-40)25-61(39)50(70)44(30-9-2-1-3-10-30)58-48(68)37(24-42(52)63)56-46(34)66/h4-5,8,11,13-18,20,26-27,30,32,34-37,39,42,44,63H,1-3,6-7,9-10,12,19,21-25,51-52H2,(H2,53,65)(H,54,64)(H,55,67)(H,56,66)(H,57,69)(H,58,68)/t32-,34-,35-,36-,37-,39-,42?,44-/m0/s1. The molecular weight excluding hydrogens is 961 g/mol. The highest BCUT2D eigenvalue weighted by atomic mass is 32.1. The molecule has 1 unspecified atom stereocenters. The van der Waals surface area contributed by atoms with E-state index in [0.29, 0.717) is 31.4 Å². The van der Waals surface area contributed by atoms with Crippen LogP contribution in [0.15, 0.2) is 77.6 Å². The van der Waals surface area contributed by atoms with E-state index in [9.17, 15) is 29.1 Å². The molecule has 2 aromatic carbocycles. The van der Waals surface area contributed by atoms with Gasteiger partial charge in [0, 0.05) is 47.5 Å². The highest BCUT2D eigenvalue weighted by Gasteiger charge is 2.46. The number of fused-ring (bicyclic) bond motifs is 2. The second kappa shape index (κ2) is 23.8. The van der Waals surface area contributed by atoms with Crippen molar-refractivity contribution in [2.75, 3.05) is 13.1 Å². The van der Waals surface area contributed by atoms with E-state index in [1.54, 1.807) is 22.2 Å². The smallest absolute Gasteiger partial charge is 0.246 e. The van der Waals surface area contributed by atoms with Crippen molar-refractivity contribution in [1.82, 2.24) is 46.5 Å². The molecule has 382 valence electrons. The third-order valence-electron chi connectivity index (χ3n) is 13.8. The van der Waals surface area contributed by atoms with Gasteiger partial charge < -0.3 is 53.8 Å². The van der Waals surface area contributed by atoms with Gasteiger partial charge in [-0.1, -0.05) is 73.0 Å². The van der Waals surface area contributed by atoms with Gasteiger partial charge >= 0.3 is 0 Å². The van der Waals surface area contributed by atoms with Crippen molar-refractivity contribution in [2.24, 2.45) is 23.1 Å². The lowest BCUT2D eigenvalue weighted by atomic mass is 9.83. The Kier molecular flexibility index (Phi) is 17.1. The number of nitrogens with zero attached hydrogens (tertiary/aromatic N) is 4. The molecule has 2 aliphatic heterocycles. The molecule has 8 rings (SSSR count). The van der Waals surface area contributed by atoms with Crippen LogP contribution in [-0.4, -0.2) is 122 Å². The lowest BCUT2D eigenvalue weighted by molar-refractivity contribution is -0.144. The number of aliphatic hydroxyl groups excluding tert-OH is 1.